The standard InChI is InChI=1S/C17H28N2/c1-15(2)18-11-7-3-4-8-12-19-13-16-9-5-6-10-17(16)14-19/h5-6,9-10,15,18H,3-4,7-8,11-14H2,1-2H3. The maximum Gasteiger partial charge on any atom is 0.0240 e. The van der Waals surface area contributed by atoms with E-state index in [1.165, 1.54) is 49.9 Å². The van der Waals surface area contributed by atoms with Gasteiger partial charge in [0.15, 0.2) is 0 Å². The topological polar surface area (TPSA) is 15.3 Å². The molecule has 2 nitrogen and oxygen atoms in total. The number of hydrogen-bond acceptors (Lipinski definition) is 2. The zero-order valence-corrected chi connectivity index (χ0v) is 12.5. The molecule has 0 aromatic heterocycles. The molecule has 1 heterocycles. The molecule has 0 bridgehead atoms. The van der Waals surface area contributed by atoms with Gasteiger partial charge in [0.1, 0.15) is 0 Å². The predicted octanol–water partition coefficient (Wildman–Crippen LogP) is 3.56. The number of unbranched alkanes of at least 4 members (excludes halogenated alkanes) is 3. The molecular formula is C17H28N2. The Hall–Kier alpha value is -0.860. The van der Waals surface area contributed by atoms with Crippen molar-refractivity contribution in [2.75, 3.05) is 13.1 Å². The second-order valence-corrected chi connectivity index (χ2v) is 6.00. The van der Waals surface area contributed by atoms with Crippen LogP contribution in [0.3, 0.4) is 0 Å². The van der Waals surface area contributed by atoms with E-state index >= 15 is 0 Å². The van der Waals surface area contributed by atoms with Crippen molar-refractivity contribution in [1.82, 2.24) is 10.2 Å². The molecule has 1 aliphatic rings. The van der Waals surface area contributed by atoms with Crippen molar-refractivity contribution in [1.29, 1.82) is 0 Å². The largest absolute Gasteiger partial charge is 0.315 e. The third kappa shape index (κ3) is 4.96. The maximum absolute atomic E-state index is 3.48. The lowest BCUT2D eigenvalue weighted by Crippen LogP contribution is -2.23. The number of hydrogen-bond donors (Lipinski definition) is 1. The molecule has 0 atom stereocenters. The van der Waals surface area contributed by atoms with Crippen LogP contribution in [0.4, 0.5) is 0 Å². The fourth-order valence-corrected chi connectivity index (χ4v) is 2.77. The Morgan fingerprint density at radius 2 is 1.63 bits per heavy atom. The van der Waals surface area contributed by atoms with E-state index in [2.05, 4.69) is 48.3 Å². The number of fused-ring (bicyclic) bond motifs is 1. The molecule has 19 heavy (non-hydrogen) atoms. The van der Waals surface area contributed by atoms with E-state index in [9.17, 15) is 0 Å². The summed E-state index contributed by atoms with van der Waals surface area (Å²) in [6.07, 6.45) is 5.39. The fourth-order valence-electron chi connectivity index (χ4n) is 2.77. The van der Waals surface area contributed by atoms with Crippen LogP contribution in [0.1, 0.15) is 50.7 Å². The van der Waals surface area contributed by atoms with Crippen LogP contribution in [-0.4, -0.2) is 24.0 Å². The van der Waals surface area contributed by atoms with Gasteiger partial charge in [0.25, 0.3) is 0 Å². The van der Waals surface area contributed by atoms with Gasteiger partial charge in [0.2, 0.25) is 0 Å². The molecule has 0 unspecified atom stereocenters. The summed E-state index contributed by atoms with van der Waals surface area (Å²) in [7, 11) is 0. The smallest absolute Gasteiger partial charge is 0.0240 e. The van der Waals surface area contributed by atoms with E-state index < -0.39 is 0 Å². The van der Waals surface area contributed by atoms with Gasteiger partial charge >= 0.3 is 0 Å². The molecule has 0 spiro atoms. The molecule has 0 saturated heterocycles. The molecule has 0 aliphatic carbocycles. The predicted molar refractivity (Wildman–Crippen MR) is 82.2 cm³/mol. The van der Waals surface area contributed by atoms with Crippen molar-refractivity contribution < 1.29 is 0 Å². The molecule has 0 radical (unpaired) electrons. The normalized spacial score (nSPS) is 15.1. The van der Waals surface area contributed by atoms with Crippen molar-refractivity contribution >= 4 is 0 Å². The average molecular weight is 260 g/mol. The zero-order chi connectivity index (χ0) is 13.5. The van der Waals surface area contributed by atoms with Gasteiger partial charge in [-0.15, -0.1) is 0 Å². The lowest BCUT2D eigenvalue weighted by molar-refractivity contribution is 0.276. The highest BCUT2D eigenvalue weighted by Crippen LogP contribution is 2.22. The third-order valence-electron chi connectivity index (χ3n) is 3.86. The minimum Gasteiger partial charge on any atom is -0.315 e. The molecule has 106 valence electrons. The molecule has 0 amide bonds. The first-order valence-corrected chi connectivity index (χ1v) is 7.78. The van der Waals surface area contributed by atoms with Crippen molar-refractivity contribution in [3.63, 3.8) is 0 Å². The SMILES string of the molecule is CC(C)NCCCCCCN1Cc2ccccc2C1. The average Bonchev–Trinajstić information content (AvgIpc) is 2.79. The maximum atomic E-state index is 3.48. The van der Waals surface area contributed by atoms with Gasteiger partial charge < -0.3 is 5.32 Å². The van der Waals surface area contributed by atoms with E-state index in [-0.39, 0.29) is 0 Å². The summed E-state index contributed by atoms with van der Waals surface area (Å²) in [4.78, 5) is 2.58. The molecule has 1 aromatic rings. The van der Waals surface area contributed by atoms with Crippen molar-refractivity contribution in [2.45, 2.75) is 58.7 Å². The van der Waals surface area contributed by atoms with Gasteiger partial charge in [-0.05, 0) is 37.1 Å². The van der Waals surface area contributed by atoms with Gasteiger partial charge in [-0.25, -0.2) is 0 Å². The van der Waals surface area contributed by atoms with Gasteiger partial charge in [0, 0.05) is 19.1 Å². The van der Waals surface area contributed by atoms with Crippen LogP contribution in [0.15, 0.2) is 24.3 Å². The van der Waals surface area contributed by atoms with E-state index in [1.807, 2.05) is 0 Å². The minimum absolute atomic E-state index is 0.628. The molecule has 2 rings (SSSR count). The van der Waals surface area contributed by atoms with Crippen LogP contribution in [0, 0.1) is 0 Å². The second kappa shape index (κ2) is 7.66. The monoisotopic (exact) mass is 260 g/mol. The quantitative estimate of drug-likeness (QED) is 0.719. The lowest BCUT2D eigenvalue weighted by Gasteiger charge is -2.14. The third-order valence-corrected chi connectivity index (χ3v) is 3.86. The Bertz CT molecular complexity index is 348. The number of nitrogens with one attached hydrogen (secondary N) is 1. The van der Waals surface area contributed by atoms with E-state index in [0.29, 0.717) is 6.04 Å². The van der Waals surface area contributed by atoms with Crippen LogP contribution in [0.2, 0.25) is 0 Å². The fraction of sp³-hybridized carbons (Fsp3) is 0.647. The minimum atomic E-state index is 0.628. The highest BCUT2D eigenvalue weighted by Gasteiger charge is 2.16. The summed E-state index contributed by atoms with van der Waals surface area (Å²) in [5, 5.41) is 3.48. The molecule has 2 heteroatoms. The first-order valence-electron chi connectivity index (χ1n) is 7.78. The summed E-state index contributed by atoms with van der Waals surface area (Å²) < 4.78 is 0. The summed E-state index contributed by atoms with van der Waals surface area (Å²) in [5.74, 6) is 0. The molecule has 0 saturated carbocycles. The molecule has 1 aromatic carbocycles. The van der Waals surface area contributed by atoms with E-state index in [0.717, 1.165) is 13.1 Å². The Balaban J connectivity index is 1.52. The second-order valence-electron chi connectivity index (χ2n) is 6.00. The van der Waals surface area contributed by atoms with Crippen LogP contribution in [0.5, 0.6) is 0 Å². The Morgan fingerprint density at radius 3 is 2.26 bits per heavy atom. The lowest BCUT2D eigenvalue weighted by atomic mass is 10.1. The first-order chi connectivity index (χ1) is 9.25. The van der Waals surface area contributed by atoms with E-state index in [1.54, 1.807) is 0 Å². The summed E-state index contributed by atoms with van der Waals surface area (Å²) in [5.41, 5.74) is 3.06. The van der Waals surface area contributed by atoms with Crippen LogP contribution in [-0.2, 0) is 13.1 Å². The molecule has 1 aliphatic heterocycles. The van der Waals surface area contributed by atoms with Crippen molar-refractivity contribution in [3.05, 3.63) is 35.4 Å². The highest BCUT2D eigenvalue weighted by molar-refractivity contribution is 5.30. The number of nitrogens with zero attached hydrogens (tertiary/aromatic N) is 1. The van der Waals surface area contributed by atoms with E-state index in [4.69, 9.17) is 0 Å². The van der Waals surface area contributed by atoms with Crippen LogP contribution >= 0.6 is 0 Å². The van der Waals surface area contributed by atoms with Gasteiger partial charge in [-0.2, -0.15) is 0 Å². The van der Waals surface area contributed by atoms with Crippen LogP contribution < -0.4 is 5.32 Å². The van der Waals surface area contributed by atoms with Crippen molar-refractivity contribution in [2.24, 2.45) is 0 Å². The Kier molecular flexibility index (Phi) is 5.87. The number of benzene rings is 1. The van der Waals surface area contributed by atoms with Gasteiger partial charge in [0.05, 0.1) is 0 Å². The van der Waals surface area contributed by atoms with Gasteiger partial charge in [-0.3, -0.25) is 4.90 Å². The Labute approximate surface area is 118 Å². The molecule has 1 N–H and O–H groups in total. The first kappa shape index (κ1) is 14.5. The number of rotatable bonds is 8. The summed E-state index contributed by atoms with van der Waals surface area (Å²) in [6, 6.07) is 9.48. The molecule has 0 fully saturated rings. The zero-order valence-electron chi connectivity index (χ0n) is 12.5. The van der Waals surface area contributed by atoms with Gasteiger partial charge in [-0.1, -0.05) is 51.0 Å². The molecular weight excluding hydrogens is 232 g/mol. The summed E-state index contributed by atoms with van der Waals surface area (Å²) in [6.45, 7) is 9.17. The van der Waals surface area contributed by atoms with Crippen LogP contribution in [0.25, 0.3) is 0 Å². The highest BCUT2D eigenvalue weighted by atomic mass is 15.1. The van der Waals surface area contributed by atoms with Crippen molar-refractivity contribution in [3.8, 4) is 0 Å². The summed E-state index contributed by atoms with van der Waals surface area (Å²) >= 11 is 0. The Morgan fingerprint density at radius 1 is 1.00 bits per heavy atom.